The summed E-state index contributed by atoms with van der Waals surface area (Å²) in [4.78, 5) is 4.74. The molecule has 0 aromatic heterocycles. The number of hydrogen-bond acceptors (Lipinski definition) is 3. The van der Waals surface area contributed by atoms with Gasteiger partial charge in [0.05, 0.1) is 13.2 Å². The van der Waals surface area contributed by atoms with Crippen molar-refractivity contribution in [1.29, 1.82) is 0 Å². The molecular weight excluding hydrogens is 306 g/mol. The van der Waals surface area contributed by atoms with Gasteiger partial charge in [-0.3, -0.25) is 9.80 Å². The van der Waals surface area contributed by atoms with Gasteiger partial charge in [0.25, 0.3) is 0 Å². The molecular formula is C10H22Cl4N2O. The number of alkyl halides is 2. The first-order valence-electron chi connectivity index (χ1n) is 5.51. The Balaban J connectivity index is 0. The van der Waals surface area contributed by atoms with Gasteiger partial charge in [0.2, 0.25) is 0 Å². The maximum absolute atomic E-state index is 5.74. The third kappa shape index (κ3) is 9.60. The molecule has 0 radical (unpaired) electrons. The lowest BCUT2D eigenvalue weighted by Crippen LogP contribution is -2.42. The molecule has 1 rings (SSSR count). The summed E-state index contributed by atoms with van der Waals surface area (Å²) in [5.41, 5.74) is 0. The van der Waals surface area contributed by atoms with Gasteiger partial charge in [-0.15, -0.1) is 48.0 Å². The standard InChI is InChI=1S/C10H20Cl2N2O.2ClH/c11-1-3-13(4-2-12)5-6-14-7-9-15-10-8-14;;/h1-10H2;2*1H. The number of rotatable bonds is 7. The summed E-state index contributed by atoms with van der Waals surface area (Å²) in [6.45, 7) is 7.84. The fraction of sp³-hybridized carbons (Fsp3) is 1.00. The van der Waals surface area contributed by atoms with E-state index in [0.29, 0.717) is 11.8 Å². The molecule has 0 unspecified atom stereocenters. The summed E-state index contributed by atoms with van der Waals surface area (Å²) in [6.07, 6.45) is 0. The van der Waals surface area contributed by atoms with Crippen LogP contribution in [0.15, 0.2) is 0 Å². The molecule has 17 heavy (non-hydrogen) atoms. The van der Waals surface area contributed by atoms with Crippen molar-refractivity contribution in [2.75, 3.05) is 64.2 Å². The summed E-state index contributed by atoms with van der Waals surface area (Å²) < 4.78 is 5.30. The van der Waals surface area contributed by atoms with E-state index in [1.54, 1.807) is 0 Å². The van der Waals surface area contributed by atoms with Crippen molar-refractivity contribution < 1.29 is 4.74 Å². The highest BCUT2D eigenvalue weighted by Gasteiger charge is 2.11. The zero-order chi connectivity index (χ0) is 10.9. The van der Waals surface area contributed by atoms with Gasteiger partial charge in [0.1, 0.15) is 0 Å². The van der Waals surface area contributed by atoms with Gasteiger partial charge in [0, 0.05) is 51.0 Å². The van der Waals surface area contributed by atoms with Gasteiger partial charge in [-0.1, -0.05) is 0 Å². The molecule has 0 saturated carbocycles. The molecule has 7 heteroatoms. The van der Waals surface area contributed by atoms with Crippen LogP contribution in [0.2, 0.25) is 0 Å². The van der Waals surface area contributed by atoms with Crippen LogP contribution in [0.1, 0.15) is 0 Å². The van der Waals surface area contributed by atoms with Crippen LogP contribution in [-0.2, 0) is 4.74 Å². The number of morpholine rings is 1. The van der Waals surface area contributed by atoms with Gasteiger partial charge in [-0.05, 0) is 0 Å². The van der Waals surface area contributed by atoms with Crippen LogP contribution in [0.25, 0.3) is 0 Å². The number of ether oxygens (including phenoxy) is 1. The first-order valence-corrected chi connectivity index (χ1v) is 6.58. The lowest BCUT2D eigenvalue weighted by atomic mass is 10.4. The molecule has 3 nitrogen and oxygen atoms in total. The third-order valence-corrected chi connectivity index (χ3v) is 2.98. The zero-order valence-corrected chi connectivity index (χ0v) is 13.1. The molecule has 0 amide bonds. The van der Waals surface area contributed by atoms with Crippen LogP contribution in [0.5, 0.6) is 0 Å². The van der Waals surface area contributed by atoms with E-state index >= 15 is 0 Å². The van der Waals surface area contributed by atoms with E-state index in [1.165, 1.54) is 0 Å². The summed E-state index contributed by atoms with van der Waals surface area (Å²) in [5, 5.41) is 0. The van der Waals surface area contributed by atoms with Gasteiger partial charge in [-0.2, -0.15) is 0 Å². The monoisotopic (exact) mass is 326 g/mol. The van der Waals surface area contributed by atoms with Crippen LogP contribution < -0.4 is 0 Å². The highest BCUT2D eigenvalue weighted by atomic mass is 35.5. The van der Waals surface area contributed by atoms with Crippen molar-refractivity contribution in [3.8, 4) is 0 Å². The number of nitrogens with zero attached hydrogens (tertiary/aromatic N) is 2. The second kappa shape index (κ2) is 13.5. The minimum absolute atomic E-state index is 0. The second-order valence-corrected chi connectivity index (χ2v) is 4.43. The fourth-order valence-corrected chi connectivity index (χ4v) is 2.16. The van der Waals surface area contributed by atoms with Gasteiger partial charge in [-0.25, -0.2) is 0 Å². The molecule has 0 aromatic rings. The van der Waals surface area contributed by atoms with E-state index in [-0.39, 0.29) is 24.8 Å². The fourth-order valence-electron chi connectivity index (χ4n) is 1.68. The molecule has 106 valence electrons. The SMILES string of the molecule is Cl.Cl.ClCCN(CCCl)CCN1CCOCC1. The summed E-state index contributed by atoms with van der Waals surface area (Å²) >= 11 is 11.5. The van der Waals surface area contributed by atoms with Crippen molar-refractivity contribution >= 4 is 48.0 Å². The van der Waals surface area contributed by atoms with Gasteiger partial charge >= 0.3 is 0 Å². The zero-order valence-electron chi connectivity index (χ0n) is 9.95. The average Bonchev–Trinajstić information content (AvgIpc) is 2.28. The molecule has 0 aromatic carbocycles. The Morgan fingerprint density at radius 2 is 1.47 bits per heavy atom. The van der Waals surface area contributed by atoms with E-state index in [4.69, 9.17) is 27.9 Å². The van der Waals surface area contributed by atoms with E-state index in [1.807, 2.05) is 0 Å². The largest absolute Gasteiger partial charge is 0.379 e. The number of halogens is 4. The van der Waals surface area contributed by atoms with Crippen molar-refractivity contribution in [3.63, 3.8) is 0 Å². The van der Waals surface area contributed by atoms with Crippen molar-refractivity contribution in [2.24, 2.45) is 0 Å². The van der Waals surface area contributed by atoms with Crippen LogP contribution in [-0.4, -0.2) is 74.0 Å². The molecule has 0 bridgehead atoms. The van der Waals surface area contributed by atoms with Crippen LogP contribution in [0.4, 0.5) is 0 Å². The molecule has 1 heterocycles. The predicted octanol–water partition coefficient (Wildman–Crippen LogP) is 1.94. The minimum atomic E-state index is 0. The minimum Gasteiger partial charge on any atom is -0.379 e. The highest BCUT2D eigenvalue weighted by Crippen LogP contribution is 1.98. The van der Waals surface area contributed by atoms with Crippen LogP contribution >= 0.6 is 48.0 Å². The smallest absolute Gasteiger partial charge is 0.0594 e. The Bertz CT molecular complexity index is 153. The van der Waals surface area contributed by atoms with E-state index in [2.05, 4.69) is 9.80 Å². The molecule has 1 aliphatic rings. The van der Waals surface area contributed by atoms with Crippen molar-refractivity contribution in [3.05, 3.63) is 0 Å². The molecule has 0 aliphatic carbocycles. The number of hydrogen-bond donors (Lipinski definition) is 0. The van der Waals surface area contributed by atoms with Crippen LogP contribution in [0, 0.1) is 0 Å². The molecule has 0 atom stereocenters. The Morgan fingerprint density at radius 1 is 0.941 bits per heavy atom. The quantitative estimate of drug-likeness (QED) is 0.665. The average molecular weight is 328 g/mol. The van der Waals surface area contributed by atoms with Gasteiger partial charge < -0.3 is 4.74 Å². The molecule has 0 N–H and O–H groups in total. The first kappa shape index (κ1) is 20.4. The maximum Gasteiger partial charge on any atom is 0.0594 e. The van der Waals surface area contributed by atoms with Crippen LogP contribution in [0.3, 0.4) is 0 Å². The maximum atomic E-state index is 5.74. The van der Waals surface area contributed by atoms with E-state index in [9.17, 15) is 0 Å². The summed E-state index contributed by atoms with van der Waals surface area (Å²) in [5.74, 6) is 1.36. The Kier molecular flexibility index (Phi) is 16.1. The lowest BCUT2D eigenvalue weighted by molar-refractivity contribution is 0.0339. The second-order valence-electron chi connectivity index (χ2n) is 3.67. The first-order chi connectivity index (χ1) is 7.36. The highest BCUT2D eigenvalue weighted by molar-refractivity contribution is 6.18. The summed E-state index contributed by atoms with van der Waals surface area (Å²) in [7, 11) is 0. The predicted molar refractivity (Wildman–Crippen MR) is 79.6 cm³/mol. The lowest BCUT2D eigenvalue weighted by Gasteiger charge is -2.29. The third-order valence-electron chi connectivity index (χ3n) is 2.64. The molecule has 0 spiro atoms. The summed E-state index contributed by atoms with van der Waals surface area (Å²) in [6, 6.07) is 0. The molecule has 1 saturated heterocycles. The van der Waals surface area contributed by atoms with E-state index in [0.717, 1.165) is 52.5 Å². The Labute approximate surface area is 127 Å². The van der Waals surface area contributed by atoms with E-state index < -0.39 is 0 Å². The topological polar surface area (TPSA) is 15.7 Å². The van der Waals surface area contributed by atoms with Crippen molar-refractivity contribution in [2.45, 2.75) is 0 Å². The van der Waals surface area contributed by atoms with Gasteiger partial charge in [0.15, 0.2) is 0 Å². The molecule has 1 aliphatic heterocycles. The molecule has 1 fully saturated rings. The normalized spacial score (nSPS) is 16.4. The Hall–Kier alpha value is 1.04. The van der Waals surface area contributed by atoms with Crippen molar-refractivity contribution in [1.82, 2.24) is 9.80 Å². The Morgan fingerprint density at radius 3 is 1.94 bits per heavy atom.